The van der Waals surface area contributed by atoms with Crippen LogP contribution in [0.15, 0.2) is 50.5 Å². The monoisotopic (exact) mass is 413 g/mol. The second kappa shape index (κ2) is 6.73. The van der Waals surface area contributed by atoms with E-state index in [1.54, 1.807) is 24.3 Å². The molecule has 2 aromatic rings. The van der Waals surface area contributed by atoms with Crippen molar-refractivity contribution in [3.63, 3.8) is 0 Å². The Kier molecular flexibility index (Phi) is 4.98. The fourth-order valence-electron chi connectivity index (χ4n) is 1.49. The molecule has 0 spiro atoms. The molecular formula is C14H9Br2NO4. The molecule has 0 radical (unpaired) electrons. The van der Waals surface area contributed by atoms with Crippen LogP contribution in [0.4, 0.5) is 0 Å². The number of phenolic OH excluding ortho intramolecular Hbond substituents is 1. The van der Waals surface area contributed by atoms with Gasteiger partial charge in [-0.05, 0) is 67.8 Å². The summed E-state index contributed by atoms with van der Waals surface area (Å²) in [5, 5.41) is 22.2. The van der Waals surface area contributed by atoms with Gasteiger partial charge in [0.2, 0.25) is 0 Å². The lowest BCUT2D eigenvalue weighted by Gasteiger charge is -2.02. The molecule has 5 nitrogen and oxygen atoms in total. The quantitative estimate of drug-likeness (QED) is 0.584. The minimum absolute atomic E-state index is 0.0993. The van der Waals surface area contributed by atoms with Gasteiger partial charge >= 0.3 is 5.97 Å². The molecule has 0 aliphatic carbocycles. The van der Waals surface area contributed by atoms with Crippen LogP contribution in [-0.2, 0) is 0 Å². The van der Waals surface area contributed by atoms with Gasteiger partial charge in [0, 0.05) is 0 Å². The Hall–Kier alpha value is -1.86. The number of benzene rings is 2. The van der Waals surface area contributed by atoms with Gasteiger partial charge in [0.15, 0.2) is 5.75 Å². The van der Waals surface area contributed by atoms with Gasteiger partial charge in [0.05, 0.1) is 20.7 Å². The predicted molar refractivity (Wildman–Crippen MR) is 85.1 cm³/mol. The lowest BCUT2D eigenvalue weighted by atomic mass is 10.2. The summed E-state index contributed by atoms with van der Waals surface area (Å²) >= 11 is 6.42. The van der Waals surface area contributed by atoms with Gasteiger partial charge in [-0.2, -0.15) is 0 Å². The molecule has 2 aromatic carbocycles. The van der Waals surface area contributed by atoms with Crippen LogP contribution in [0.3, 0.4) is 0 Å². The number of phenols is 1. The molecule has 0 unspecified atom stereocenters. The minimum atomic E-state index is -1.03. The molecule has 0 saturated carbocycles. The summed E-state index contributed by atoms with van der Waals surface area (Å²) in [4.78, 5) is 16.0. The van der Waals surface area contributed by atoms with Crippen LogP contribution >= 0.6 is 31.9 Å². The Bertz CT molecular complexity index is 693. The van der Waals surface area contributed by atoms with Crippen LogP contribution in [0.25, 0.3) is 0 Å². The van der Waals surface area contributed by atoms with E-state index in [9.17, 15) is 9.90 Å². The zero-order valence-electron chi connectivity index (χ0n) is 10.5. The van der Waals surface area contributed by atoms with Crippen molar-refractivity contribution < 1.29 is 19.8 Å². The van der Waals surface area contributed by atoms with E-state index in [1.807, 2.05) is 0 Å². The van der Waals surface area contributed by atoms with E-state index in [1.165, 1.54) is 18.3 Å². The molecule has 108 valence electrons. The number of hydrogen-bond donors (Lipinski definition) is 2. The van der Waals surface area contributed by atoms with E-state index in [2.05, 4.69) is 37.0 Å². The Morgan fingerprint density at radius 1 is 1.19 bits per heavy atom. The molecule has 0 aliphatic heterocycles. The summed E-state index contributed by atoms with van der Waals surface area (Å²) in [5.41, 5.74) is 0.818. The van der Waals surface area contributed by atoms with Crippen LogP contribution in [0.2, 0.25) is 0 Å². The van der Waals surface area contributed by atoms with Gasteiger partial charge in [0.25, 0.3) is 0 Å². The molecule has 2 rings (SSSR count). The largest absolute Gasteiger partial charge is 0.506 e. The Labute approximate surface area is 137 Å². The highest BCUT2D eigenvalue weighted by atomic mass is 79.9. The van der Waals surface area contributed by atoms with Crippen LogP contribution in [-0.4, -0.2) is 22.4 Å². The molecule has 21 heavy (non-hydrogen) atoms. The van der Waals surface area contributed by atoms with Gasteiger partial charge in [-0.25, -0.2) is 4.79 Å². The maximum Gasteiger partial charge on any atom is 0.335 e. The van der Waals surface area contributed by atoms with Crippen molar-refractivity contribution in [2.45, 2.75) is 0 Å². The number of hydrogen-bond acceptors (Lipinski definition) is 4. The zero-order valence-corrected chi connectivity index (χ0v) is 13.6. The van der Waals surface area contributed by atoms with Crippen molar-refractivity contribution >= 4 is 44.0 Å². The van der Waals surface area contributed by atoms with E-state index in [0.717, 1.165) is 0 Å². The number of oxime groups is 1. The highest BCUT2D eigenvalue weighted by molar-refractivity contribution is 9.11. The molecular weight excluding hydrogens is 406 g/mol. The van der Waals surface area contributed by atoms with Crippen molar-refractivity contribution in [1.82, 2.24) is 0 Å². The predicted octanol–water partition coefficient (Wildman–Crippen LogP) is 4.03. The third-order valence-electron chi connectivity index (χ3n) is 2.48. The molecule has 0 atom stereocenters. The third-order valence-corrected chi connectivity index (χ3v) is 3.69. The molecule has 0 aliphatic rings. The van der Waals surface area contributed by atoms with Gasteiger partial charge in [-0.15, -0.1) is 0 Å². The summed E-state index contributed by atoms with van der Waals surface area (Å²) in [6.07, 6.45) is 1.45. The summed E-state index contributed by atoms with van der Waals surface area (Å²) in [5.74, 6) is -0.610. The lowest BCUT2D eigenvalue weighted by Crippen LogP contribution is -1.96. The van der Waals surface area contributed by atoms with Crippen molar-refractivity contribution in [3.8, 4) is 11.5 Å². The second-order valence-corrected chi connectivity index (χ2v) is 5.70. The fourth-order valence-corrected chi connectivity index (χ4v) is 2.72. The number of carboxylic acids is 1. The number of carbonyl (C=O) groups is 1. The maximum absolute atomic E-state index is 10.8. The first-order valence-electron chi connectivity index (χ1n) is 5.69. The first-order chi connectivity index (χ1) is 9.97. The molecule has 0 fully saturated rings. The van der Waals surface area contributed by atoms with Gasteiger partial charge < -0.3 is 15.1 Å². The standard InChI is InChI=1S/C14H9Br2NO4/c15-11-4-8(5-12(16)13(11)18)7-17-21-10-3-1-2-9(6-10)14(19)20/h1-7,18H,(H,19,20)/b17-7+. The lowest BCUT2D eigenvalue weighted by molar-refractivity contribution is 0.0696. The molecule has 7 heteroatoms. The second-order valence-electron chi connectivity index (χ2n) is 3.99. The van der Waals surface area contributed by atoms with Crippen LogP contribution < -0.4 is 4.84 Å². The molecule has 0 saturated heterocycles. The summed E-state index contributed by atoms with van der Waals surface area (Å²) in [6.45, 7) is 0. The fraction of sp³-hybridized carbons (Fsp3) is 0. The normalized spacial score (nSPS) is 10.8. The zero-order chi connectivity index (χ0) is 15.4. The molecule has 0 aromatic heterocycles. The average molecular weight is 415 g/mol. The van der Waals surface area contributed by atoms with Gasteiger partial charge in [-0.1, -0.05) is 11.2 Å². The van der Waals surface area contributed by atoms with Crippen LogP contribution in [0.5, 0.6) is 11.5 Å². The number of rotatable bonds is 4. The van der Waals surface area contributed by atoms with Crippen molar-refractivity contribution in [3.05, 3.63) is 56.5 Å². The average Bonchev–Trinajstić information content (AvgIpc) is 2.45. The summed E-state index contributed by atoms with van der Waals surface area (Å²) < 4.78 is 1.04. The van der Waals surface area contributed by atoms with E-state index in [-0.39, 0.29) is 11.3 Å². The van der Waals surface area contributed by atoms with E-state index < -0.39 is 5.97 Å². The first kappa shape index (κ1) is 15.5. The van der Waals surface area contributed by atoms with Crippen molar-refractivity contribution in [2.24, 2.45) is 5.16 Å². The third kappa shape index (κ3) is 4.05. The van der Waals surface area contributed by atoms with Crippen molar-refractivity contribution in [2.75, 3.05) is 0 Å². The van der Waals surface area contributed by atoms with E-state index in [0.29, 0.717) is 20.3 Å². The highest BCUT2D eigenvalue weighted by Crippen LogP contribution is 2.32. The number of aromatic hydroxyl groups is 1. The number of nitrogens with zero attached hydrogens (tertiary/aromatic N) is 1. The van der Waals surface area contributed by atoms with Gasteiger partial charge in [-0.3, -0.25) is 0 Å². The van der Waals surface area contributed by atoms with E-state index in [4.69, 9.17) is 9.94 Å². The van der Waals surface area contributed by atoms with Crippen molar-refractivity contribution in [1.29, 1.82) is 0 Å². The topological polar surface area (TPSA) is 79.1 Å². The van der Waals surface area contributed by atoms with Crippen LogP contribution in [0, 0.1) is 0 Å². The highest BCUT2D eigenvalue weighted by Gasteiger charge is 2.05. The Morgan fingerprint density at radius 3 is 2.48 bits per heavy atom. The summed E-state index contributed by atoms with van der Waals surface area (Å²) in [6, 6.07) is 9.35. The first-order valence-corrected chi connectivity index (χ1v) is 7.27. The van der Waals surface area contributed by atoms with Crippen LogP contribution in [0.1, 0.15) is 15.9 Å². The number of carboxylic acid groups (broad SMARTS) is 1. The maximum atomic E-state index is 10.8. The number of halogens is 2. The van der Waals surface area contributed by atoms with E-state index >= 15 is 0 Å². The Morgan fingerprint density at radius 2 is 1.86 bits per heavy atom. The van der Waals surface area contributed by atoms with Gasteiger partial charge in [0.1, 0.15) is 5.75 Å². The molecule has 0 amide bonds. The molecule has 0 bridgehead atoms. The number of aromatic carboxylic acids is 1. The Balaban J connectivity index is 2.12. The smallest absolute Gasteiger partial charge is 0.335 e. The minimum Gasteiger partial charge on any atom is -0.506 e. The molecule has 2 N–H and O–H groups in total. The summed E-state index contributed by atoms with van der Waals surface area (Å²) in [7, 11) is 0. The SMILES string of the molecule is O=C(O)c1cccc(O/N=C/c2cc(Br)c(O)c(Br)c2)c1. The molecule has 0 heterocycles.